The van der Waals surface area contributed by atoms with Crippen LogP contribution in [0.1, 0.15) is 52.4 Å². The van der Waals surface area contributed by atoms with E-state index in [1.807, 2.05) is 31.2 Å². The van der Waals surface area contributed by atoms with Crippen LogP contribution < -0.4 is 10.9 Å². The summed E-state index contributed by atoms with van der Waals surface area (Å²) >= 11 is 1.36. The lowest BCUT2D eigenvalue weighted by molar-refractivity contribution is -0.121. The maximum Gasteiger partial charge on any atom is 0.262 e. The molecule has 1 saturated heterocycles. The Morgan fingerprint density at radius 1 is 1.27 bits per heavy atom. The third kappa shape index (κ3) is 4.72. The predicted molar refractivity (Wildman–Crippen MR) is 120 cm³/mol. The molecular formula is C23H31N3O3S. The Balaban J connectivity index is 1.56. The van der Waals surface area contributed by atoms with Gasteiger partial charge in [-0.1, -0.05) is 43.7 Å². The number of carbonyl (C=O) groups excluding carboxylic acids is 1. The van der Waals surface area contributed by atoms with Crippen molar-refractivity contribution in [3.63, 3.8) is 0 Å². The smallest absolute Gasteiger partial charge is 0.262 e. The molecule has 2 heterocycles. The van der Waals surface area contributed by atoms with Crippen LogP contribution in [-0.4, -0.2) is 39.5 Å². The first kappa shape index (κ1) is 21.4. The summed E-state index contributed by atoms with van der Waals surface area (Å²) in [5, 5.41) is 4.10. The maximum absolute atomic E-state index is 13.2. The largest absolute Gasteiger partial charge is 0.376 e. The van der Waals surface area contributed by atoms with Crippen molar-refractivity contribution in [1.82, 2.24) is 14.9 Å². The van der Waals surface area contributed by atoms with Crippen LogP contribution in [0, 0.1) is 5.92 Å². The fourth-order valence-corrected chi connectivity index (χ4v) is 5.36. The van der Waals surface area contributed by atoms with Gasteiger partial charge in [0.25, 0.3) is 5.56 Å². The third-order valence-electron chi connectivity index (χ3n) is 6.33. The van der Waals surface area contributed by atoms with E-state index < -0.39 is 0 Å². The molecule has 1 aromatic heterocycles. The average molecular weight is 430 g/mol. The number of rotatable bonds is 6. The lowest BCUT2D eigenvalue weighted by atomic mass is 9.86. The number of hydrogen-bond acceptors (Lipinski definition) is 5. The second-order valence-corrected chi connectivity index (χ2v) is 9.91. The molecule has 162 valence electrons. The van der Waals surface area contributed by atoms with Crippen LogP contribution in [0.4, 0.5) is 0 Å². The van der Waals surface area contributed by atoms with E-state index in [2.05, 4.69) is 12.2 Å². The van der Waals surface area contributed by atoms with Crippen molar-refractivity contribution in [2.45, 2.75) is 81.5 Å². The van der Waals surface area contributed by atoms with Crippen LogP contribution in [0.2, 0.25) is 0 Å². The standard InChI is InChI=1S/C23H31N3O3S/c1-15-8-3-5-11-19(15)24-21(27)16(2)30-23-25-20-12-6-4-10-18(20)22(28)26(23)14-17-9-7-13-29-17/h4,6,10,12,15-17,19H,3,5,7-9,11,13-14H2,1-2H3,(H,24,27)/t15-,16+,17-,19+/m0/s1. The number of para-hydroxylation sites is 1. The van der Waals surface area contributed by atoms with E-state index in [0.29, 0.717) is 28.5 Å². The summed E-state index contributed by atoms with van der Waals surface area (Å²) in [5.74, 6) is 0.529. The second-order valence-electron chi connectivity index (χ2n) is 8.60. The number of carbonyl (C=O) groups is 1. The van der Waals surface area contributed by atoms with Gasteiger partial charge >= 0.3 is 0 Å². The second kappa shape index (κ2) is 9.52. The van der Waals surface area contributed by atoms with Crippen LogP contribution in [0.5, 0.6) is 0 Å². The first-order valence-electron chi connectivity index (χ1n) is 11.1. The number of nitrogens with zero attached hydrogens (tertiary/aromatic N) is 2. The number of hydrogen-bond donors (Lipinski definition) is 1. The van der Waals surface area contributed by atoms with Crippen molar-refractivity contribution < 1.29 is 9.53 Å². The number of benzene rings is 1. The monoisotopic (exact) mass is 429 g/mol. The normalized spacial score (nSPS) is 25.3. The van der Waals surface area contributed by atoms with Gasteiger partial charge in [-0.05, 0) is 50.7 Å². The van der Waals surface area contributed by atoms with E-state index in [1.165, 1.54) is 31.0 Å². The van der Waals surface area contributed by atoms with Crippen molar-refractivity contribution in [3.05, 3.63) is 34.6 Å². The summed E-state index contributed by atoms with van der Waals surface area (Å²) in [4.78, 5) is 30.8. The highest BCUT2D eigenvalue weighted by molar-refractivity contribution is 8.00. The fourth-order valence-electron chi connectivity index (χ4n) is 4.43. The molecule has 0 radical (unpaired) electrons. The number of amides is 1. The molecule has 2 aliphatic rings. The van der Waals surface area contributed by atoms with Crippen LogP contribution >= 0.6 is 11.8 Å². The molecule has 1 N–H and O–H groups in total. The molecule has 1 amide bonds. The minimum Gasteiger partial charge on any atom is -0.376 e. The zero-order valence-corrected chi connectivity index (χ0v) is 18.6. The van der Waals surface area contributed by atoms with E-state index in [4.69, 9.17) is 9.72 Å². The van der Waals surface area contributed by atoms with E-state index in [9.17, 15) is 9.59 Å². The number of thioether (sulfide) groups is 1. The number of nitrogens with one attached hydrogen (secondary N) is 1. The minimum absolute atomic E-state index is 0.0184. The maximum atomic E-state index is 13.2. The summed E-state index contributed by atoms with van der Waals surface area (Å²) in [7, 11) is 0. The molecule has 2 aromatic rings. The topological polar surface area (TPSA) is 73.2 Å². The summed E-state index contributed by atoms with van der Waals surface area (Å²) in [5.41, 5.74) is 0.606. The van der Waals surface area contributed by atoms with Gasteiger partial charge in [0.15, 0.2) is 5.16 Å². The molecule has 4 rings (SSSR count). The van der Waals surface area contributed by atoms with Crippen molar-refractivity contribution in [1.29, 1.82) is 0 Å². The quantitative estimate of drug-likeness (QED) is 0.559. The minimum atomic E-state index is -0.331. The van der Waals surface area contributed by atoms with E-state index in [1.54, 1.807) is 4.57 Å². The van der Waals surface area contributed by atoms with E-state index >= 15 is 0 Å². The Kier molecular flexibility index (Phi) is 6.78. The molecule has 1 aliphatic carbocycles. The Labute approximate surface area is 181 Å². The van der Waals surface area contributed by atoms with Gasteiger partial charge in [-0.2, -0.15) is 0 Å². The van der Waals surface area contributed by atoms with Gasteiger partial charge in [-0.15, -0.1) is 0 Å². The molecule has 30 heavy (non-hydrogen) atoms. The van der Waals surface area contributed by atoms with Gasteiger partial charge in [-0.25, -0.2) is 4.98 Å². The summed E-state index contributed by atoms with van der Waals surface area (Å²) in [6, 6.07) is 7.65. The average Bonchev–Trinajstić information content (AvgIpc) is 3.26. The molecule has 1 saturated carbocycles. The van der Waals surface area contributed by atoms with Crippen LogP contribution in [-0.2, 0) is 16.1 Å². The van der Waals surface area contributed by atoms with Gasteiger partial charge in [-0.3, -0.25) is 14.2 Å². The molecule has 7 heteroatoms. The first-order valence-corrected chi connectivity index (χ1v) is 12.0. The van der Waals surface area contributed by atoms with Crippen molar-refractivity contribution in [3.8, 4) is 0 Å². The molecule has 4 atom stereocenters. The molecule has 6 nitrogen and oxygen atoms in total. The van der Waals surface area contributed by atoms with Crippen molar-refractivity contribution >= 4 is 28.6 Å². The van der Waals surface area contributed by atoms with Crippen molar-refractivity contribution in [2.75, 3.05) is 6.61 Å². The summed E-state index contributed by atoms with van der Waals surface area (Å²) in [6.45, 7) is 5.33. The number of fused-ring (bicyclic) bond motifs is 1. The predicted octanol–water partition coefficient (Wildman–Crippen LogP) is 3.75. The third-order valence-corrected chi connectivity index (χ3v) is 7.42. The molecule has 0 spiro atoms. The van der Waals surface area contributed by atoms with E-state index in [-0.39, 0.29) is 28.9 Å². The SMILES string of the molecule is C[C@@H](Sc1nc2ccccc2c(=O)n1C[C@@H]1CCCO1)C(=O)N[C@@H]1CCCC[C@@H]1C. The summed E-state index contributed by atoms with van der Waals surface area (Å²) < 4.78 is 7.47. The Hall–Kier alpha value is -1.86. The van der Waals surface area contributed by atoms with Crippen LogP contribution in [0.15, 0.2) is 34.2 Å². The molecular weight excluding hydrogens is 398 g/mol. The Bertz CT molecular complexity index is 954. The Morgan fingerprint density at radius 3 is 2.83 bits per heavy atom. The molecule has 0 unspecified atom stereocenters. The molecule has 0 bridgehead atoms. The van der Waals surface area contributed by atoms with Crippen molar-refractivity contribution in [2.24, 2.45) is 5.92 Å². The fraction of sp³-hybridized carbons (Fsp3) is 0.609. The van der Waals surface area contributed by atoms with Crippen LogP contribution in [0.25, 0.3) is 10.9 Å². The number of aromatic nitrogens is 2. The van der Waals surface area contributed by atoms with Gasteiger partial charge in [0.2, 0.25) is 5.91 Å². The van der Waals surface area contributed by atoms with Gasteiger partial charge in [0.05, 0.1) is 28.8 Å². The lowest BCUT2D eigenvalue weighted by Gasteiger charge is -2.30. The highest BCUT2D eigenvalue weighted by Gasteiger charge is 2.27. The molecule has 2 fully saturated rings. The highest BCUT2D eigenvalue weighted by atomic mass is 32.2. The lowest BCUT2D eigenvalue weighted by Crippen LogP contribution is -2.44. The zero-order valence-electron chi connectivity index (χ0n) is 17.8. The summed E-state index contributed by atoms with van der Waals surface area (Å²) in [6.07, 6.45) is 6.61. The highest BCUT2D eigenvalue weighted by Crippen LogP contribution is 2.27. The van der Waals surface area contributed by atoms with Crippen LogP contribution in [0.3, 0.4) is 0 Å². The van der Waals surface area contributed by atoms with Gasteiger partial charge in [0.1, 0.15) is 0 Å². The molecule has 1 aliphatic heterocycles. The van der Waals surface area contributed by atoms with E-state index in [0.717, 1.165) is 25.9 Å². The first-order chi connectivity index (χ1) is 14.5. The van der Waals surface area contributed by atoms with Gasteiger partial charge in [0, 0.05) is 12.6 Å². The Morgan fingerprint density at radius 2 is 2.07 bits per heavy atom. The molecule has 1 aromatic carbocycles. The zero-order chi connectivity index (χ0) is 21.1. The van der Waals surface area contributed by atoms with Gasteiger partial charge < -0.3 is 10.1 Å². The number of ether oxygens (including phenoxy) is 1.